The Bertz CT molecular complexity index is 1130. The van der Waals surface area contributed by atoms with E-state index in [0.29, 0.717) is 24.6 Å². The molecule has 3 aromatic carbocycles. The maximum absolute atomic E-state index is 13.0. The first kappa shape index (κ1) is 20.9. The summed E-state index contributed by atoms with van der Waals surface area (Å²) in [5, 5.41) is 5.19. The highest BCUT2D eigenvalue weighted by Gasteiger charge is 2.37. The van der Waals surface area contributed by atoms with Gasteiger partial charge in [0.1, 0.15) is 12.4 Å². The maximum Gasteiger partial charge on any atom is 0.236 e. The van der Waals surface area contributed by atoms with Crippen LogP contribution in [0.5, 0.6) is 5.75 Å². The maximum atomic E-state index is 13.0. The number of carbonyl (C=O) groups is 2. The number of benzene rings is 3. The lowest BCUT2D eigenvalue weighted by atomic mass is 9.93. The molecule has 0 aliphatic carbocycles. The lowest BCUT2D eigenvalue weighted by Crippen LogP contribution is -2.42. The summed E-state index contributed by atoms with van der Waals surface area (Å²) < 4.78 is 6.00. The Kier molecular flexibility index (Phi) is 5.68. The third-order valence-corrected chi connectivity index (χ3v) is 5.63. The van der Waals surface area contributed by atoms with Crippen molar-refractivity contribution in [3.63, 3.8) is 0 Å². The summed E-state index contributed by atoms with van der Waals surface area (Å²) >= 11 is 0. The van der Waals surface area contributed by atoms with Gasteiger partial charge in [0.2, 0.25) is 11.8 Å². The average Bonchev–Trinajstić information content (AvgIpc) is 2.84. The standard InChI is InChI=1S/C26H28N2O3/c1-4-14-28-22-13-12-20(16-23(22)31-17-26(2,3)25(28)30)27-24(29)15-19-10-7-9-18-8-5-6-11-21(18)19/h5-13,16H,4,14-15,17H2,1-3H3,(H,27,29). The van der Waals surface area contributed by atoms with E-state index in [1.165, 1.54) is 0 Å². The minimum absolute atomic E-state index is 0.0563. The molecule has 0 saturated carbocycles. The van der Waals surface area contributed by atoms with E-state index in [1.54, 1.807) is 4.90 Å². The van der Waals surface area contributed by atoms with Crippen molar-refractivity contribution in [2.75, 3.05) is 23.4 Å². The Morgan fingerprint density at radius 1 is 1.10 bits per heavy atom. The smallest absolute Gasteiger partial charge is 0.236 e. The van der Waals surface area contributed by atoms with E-state index in [1.807, 2.05) is 81.4 Å². The van der Waals surface area contributed by atoms with Gasteiger partial charge in [0.25, 0.3) is 0 Å². The van der Waals surface area contributed by atoms with Crippen LogP contribution < -0.4 is 15.0 Å². The summed E-state index contributed by atoms with van der Waals surface area (Å²) in [5.41, 5.74) is 1.80. The zero-order valence-electron chi connectivity index (χ0n) is 18.3. The van der Waals surface area contributed by atoms with Gasteiger partial charge in [0.05, 0.1) is 17.5 Å². The van der Waals surface area contributed by atoms with E-state index in [-0.39, 0.29) is 18.2 Å². The van der Waals surface area contributed by atoms with Crippen molar-refractivity contribution in [1.82, 2.24) is 0 Å². The monoisotopic (exact) mass is 416 g/mol. The first-order valence-electron chi connectivity index (χ1n) is 10.7. The molecule has 0 radical (unpaired) electrons. The zero-order chi connectivity index (χ0) is 22.0. The van der Waals surface area contributed by atoms with Crippen LogP contribution in [0.15, 0.2) is 60.7 Å². The Morgan fingerprint density at radius 3 is 2.68 bits per heavy atom. The molecule has 0 fully saturated rings. The van der Waals surface area contributed by atoms with Crippen molar-refractivity contribution in [2.45, 2.75) is 33.6 Å². The van der Waals surface area contributed by atoms with E-state index in [9.17, 15) is 9.59 Å². The molecule has 3 aromatic rings. The van der Waals surface area contributed by atoms with Crippen LogP contribution in [0.1, 0.15) is 32.8 Å². The molecular formula is C26H28N2O3. The Balaban J connectivity index is 1.56. The Labute approximate surface area is 183 Å². The topological polar surface area (TPSA) is 58.6 Å². The minimum Gasteiger partial charge on any atom is -0.490 e. The predicted molar refractivity (Wildman–Crippen MR) is 125 cm³/mol. The minimum atomic E-state index is -0.605. The summed E-state index contributed by atoms with van der Waals surface area (Å²) in [4.78, 5) is 27.5. The van der Waals surface area contributed by atoms with Gasteiger partial charge in [-0.1, -0.05) is 49.4 Å². The van der Waals surface area contributed by atoms with E-state index >= 15 is 0 Å². The van der Waals surface area contributed by atoms with Gasteiger partial charge < -0.3 is 15.0 Å². The Morgan fingerprint density at radius 2 is 1.87 bits per heavy atom. The number of fused-ring (bicyclic) bond motifs is 2. The fourth-order valence-corrected chi connectivity index (χ4v) is 4.00. The molecule has 31 heavy (non-hydrogen) atoms. The second-order valence-corrected chi connectivity index (χ2v) is 8.68. The summed E-state index contributed by atoms with van der Waals surface area (Å²) in [6, 6.07) is 19.6. The van der Waals surface area contributed by atoms with Crippen LogP contribution in [0.2, 0.25) is 0 Å². The third kappa shape index (κ3) is 4.26. The number of amides is 2. The molecule has 0 spiro atoms. The molecule has 1 heterocycles. The van der Waals surface area contributed by atoms with Gasteiger partial charge in [-0.25, -0.2) is 0 Å². The van der Waals surface area contributed by atoms with Gasteiger partial charge in [0, 0.05) is 18.3 Å². The van der Waals surface area contributed by atoms with Crippen LogP contribution in [0, 0.1) is 5.41 Å². The van der Waals surface area contributed by atoms with Crippen LogP contribution in [0.25, 0.3) is 10.8 Å². The number of hydrogen-bond acceptors (Lipinski definition) is 3. The fraction of sp³-hybridized carbons (Fsp3) is 0.308. The van der Waals surface area contributed by atoms with Gasteiger partial charge in [-0.2, -0.15) is 0 Å². The molecule has 0 aromatic heterocycles. The van der Waals surface area contributed by atoms with E-state index in [0.717, 1.165) is 28.4 Å². The lowest BCUT2D eigenvalue weighted by Gasteiger charge is -2.27. The number of hydrogen-bond donors (Lipinski definition) is 1. The molecule has 160 valence electrons. The molecule has 0 saturated heterocycles. The van der Waals surface area contributed by atoms with Crippen LogP contribution >= 0.6 is 0 Å². The van der Waals surface area contributed by atoms with Crippen molar-refractivity contribution in [2.24, 2.45) is 5.41 Å². The number of nitrogens with zero attached hydrogens (tertiary/aromatic N) is 1. The molecule has 1 N–H and O–H groups in total. The van der Waals surface area contributed by atoms with Gasteiger partial charge in [-0.15, -0.1) is 0 Å². The highest BCUT2D eigenvalue weighted by molar-refractivity contribution is 6.00. The molecule has 5 nitrogen and oxygen atoms in total. The molecule has 0 atom stereocenters. The normalized spacial score (nSPS) is 15.2. The van der Waals surface area contributed by atoms with Crippen molar-refractivity contribution < 1.29 is 14.3 Å². The zero-order valence-corrected chi connectivity index (χ0v) is 18.3. The number of ether oxygens (including phenoxy) is 1. The summed E-state index contributed by atoms with van der Waals surface area (Å²) in [6.45, 7) is 6.78. The van der Waals surface area contributed by atoms with E-state index in [4.69, 9.17) is 4.74 Å². The quantitative estimate of drug-likeness (QED) is 0.623. The fourth-order valence-electron chi connectivity index (χ4n) is 4.00. The second kappa shape index (κ2) is 8.42. The molecule has 1 aliphatic heterocycles. The van der Waals surface area contributed by atoms with E-state index < -0.39 is 5.41 Å². The first-order chi connectivity index (χ1) is 14.9. The van der Waals surface area contributed by atoms with Gasteiger partial charge in [-0.05, 0) is 48.7 Å². The largest absolute Gasteiger partial charge is 0.490 e. The number of rotatable bonds is 5. The first-order valence-corrected chi connectivity index (χ1v) is 10.7. The van der Waals surface area contributed by atoms with Crippen LogP contribution in [0.3, 0.4) is 0 Å². The Hall–Kier alpha value is -3.34. The van der Waals surface area contributed by atoms with Gasteiger partial charge in [0.15, 0.2) is 0 Å². The molecule has 2 amide bonds. The average molecular weight is 417 g/mol. The number of carbonyl (C=O) groups excluding carboxylic acids is 2. The van der Waals surface area contributed by atoms with Crippen molar-refractivity contribution >= 4 is 34.0 Å². The van der Waals surface area contributed by atoms with Crippen LogP contribution in [-0.2, 0) is 16.0 Å². The van der Waals surface area contributed by atoms with Crippen molar-refractivity contribution in [3.8, 4) is 5.75 Å². The summed E-state index contributed by atoms with van der Waals surface area (Å²) in [5.74, 6) is 0.586. The second-order valence-electron chi connectivity index (χ2n) is 8.68. The van der Waals surface area contributed by atoms with Crippen LogP contribution in [0.4, 0.5) is 11.4 Å². The van der Waals surface area contributed by atoms with Crippen LogP contribution in [-0.4, -0.2) is 25.0 Å². The summed E-state index contributed by atoms with van der Waals surface area (Å²) in [7, 11) is 0. The highest BCUT2D eigenvalue weighted by Crippen LogP contribution is 2.38. The molecule has 0 unspecified atom stereocenters. The molecule has 1 aliphatic rings. The molecule has 4 rings (SSSR count). The predicted octanol–water partition coefficient (Wildman–Crippen LogP) is 5.18. The number of anilines is 2. The van der Waals surface area contributed by atoms with Crippen molar-refractivity contribution in [3.05, 3.63) is 66.2 Å². The van der Waals surface area contributed by atoms with Crippen molar-refractivity contribution in [1.29, 1.82) is 0 Å². The van der Waals surface area contributed by atoms with Gasteiger partial charge in [-0.3, -0.25) is 9.59 Å². The molecule has 0 bridgehead atoms. The molecular weight excluding hydrogens is 388 g/mol. The third-order valence-electron chi connectivity index (χ3n) is 5.63. The summed E-state index contributed by atoms with van der Waals surface area (Å²) in [6.07, 6.45) is 1.14. The van der Waals surface area contributed by atoms with Gasteiger partial charge >= 0.3 is 0 Å². The molecule has 5 heteroatoms. The number of nitrogens with one attached hydrogen (secondary N) is 1. The highest BCUT2D eigenvalue weighted by atomic mass is 16.5. The van der Waals surface area contributed by atoms with E-state index in [2.05, 4.69) is 5.32 Å². The lowest BCUT2D eigenvalue weighted by molar-refractivity contribution is -0.127. The SMILES string of the molecule is CCCN1C(=O)C(C)(C)COc2cc(NC(=O)Cc3cccc4ccccc34)ccc21.